The number of benzene rings is 1. The Morgan fingerprint density at radius 3 is 2.34 bits per heavy atom. The summed E-state index contributed by atoms with van der Waals surface area (Å²) in [5, 5.41) is 11.3. The second kappa shape index (κ2) is 15.7. The van der Waals surface area contributed by atoms with E-state index in [0.717, 1.165) is 0 Å². The van der Waals surface area contributed by atoms with E-state index >= 15 is 0 Å². The zero-order chi connectivity index (χ0) is 30.6. The summed E-state index contributed by atoms with van der Waals surface area (Å²) >= 11 is 0. The summed E-state index contributed by atoms with van der Waals surface area (Å²) in [7, 11) is 0. The molecule has 0 saturated carbocycles. The molecule has 1 heterocycles. The van der Waals surface area contributed by atoms with E-state index in [1.165, 1.54) is 0 Å². The number of nitrogens with zero attached hydrogens (tertiary/aromatic N) is 1. The molecule has 2 rings (SSSR count). The molecule has 1 aromatic carbocycles. The van der Waals surface area contributed by atoms with E-state index < -0.39 is 41.3 Å². The molecule has 0 aromatic heterocycles. The van der Waals surface area contributed by atoms with Gasteiger partial charge >= 0.3 is 0 Å². The molecule has 1 saturated heterocycles. The van der Waals surface area contributed by atoms with Gasteiger partial charge in [0, 0.05) is 31.3 Å². The van der Waals surface area contributed by atoms with Crippen molar-refractivity contribution < 1.29 is 24.0 Å². The van der Waals surface area contributed by atoms with Crippen molar-refractivity contribution in [3.8, 4) is 0 Å². The average Bonchev–Trinajstić information content (AvgIpc) is 2.92. The highest BCUT2D eigenvalue weighted by Gasteiger charge is 2.39. The van der Waals surface area contributed by atoms with Crippen molar-refractivity contribution in [1.82, 2.24) is 21.3 Å². The topological polar surface area (TPSA) is 198 Å². The Kier molecular flexibility index (Phi) is 12.8. The van der Waals surface area contributed by atoms with E-state index in [1.807, 2.05) is 6.92 Å². The van der Waals surface area contributed by atoms with Crippen molar-refractivity contribution in [3.05, 3.63) is 35.9 Å². The Hall–Kier alpha value is -3.96. The highest BCUT2D eigenvalue weighted by atomic mass is 16.2. The molecule has 1 fully saturated rings. The second-order valence-electron chi connectivity index (χ2n) is 11.0. The molecule has 1 aliphatic rings. The molecule has 1 aliphatic heterocycles. The molecule has 0 spiro atoms. The van der Waals surface area contributed by atoms with Gasteiger partial charge in [0.15, 0.2) is 11.7 Å². The van der Waals surface area contributed by atoms with Crippen molar-refractivity contribution >= 4 is 35.4 Å². The second-order valence-corrected chi connectivity index (χ2v) is 11.0. The van der Waals surface area contributed by atoms with Gasteiger partial charge < -0.3 is 32.7 Å². The van der Waals surface area contributed by atoms with E-state index in [9.17, 15) is 24.0 Å². The van der Waals surface area contributed by atoms with Crippen molar-refractivity contribution in [2.45, 2.75) is 83.8 Å². The maximum atomic E-state index is 13.7. The van der Waals surface area contributed by atoms with Gasteiger partial charge in [0.2, 0.25) is 23.6 Å². The predicted octanol–water partition coefficient (Wildman–Crippen LogP) is 0.809. The maximum Gasteiger partial charge on any atom is 0.247 e. The van der Waals surface area contributed by atoms with Crippen LogP contribution in [0.3, 0.4) is 0 Å². The Morgan fingerprint density at radius 1 is 1.05 bits per heavy atom. The minimum absolute atomic E-state index is 0.0540. The fraction of sp³-hybridized carbons (Fsp3) is 0.586. The fourth-order valence-corrected chi connectivity index (χ4v) is 4.58. The van der Waals surface area contributed by atoms with Crippen LogP contribution < -0.4 is 32.7 Å². The molecule has 1 aromatic rings. The van der Waals surface area contributed by atoms with Gasteiger partial charge in [-0.2, -0.15) is 0 Å². The average molecular weight is 572 g/mol. The smallest absolute Gasteiger partial charge is 0.247 e. The lowest BCUT2D eigenvalue weighted by molar-refractivity contribution is -0.137. The summed E-state index contributed by atoms with van der Waals surface area (Å²) in [5.74, 6) is -3.35. The number of hydrogen-bond donors (Lipinski definition) is 6. The Morgan fingerprint density at radius 2 is 1.73 bits per heavy atom. The molecule has 12 heteroatoms. The molecule has 226 valence electrons. The summed E-state index contributed by atoms with van der Waals surface area (Å²) in [6.07, 6.45) is 1.54. The van der Waals surface area contributed by atoms with Gasteiger partial charge in [-0.25, -0.2) is 0 Å². The third-order valence-corrected chi connectivity index (χ3v) is 7.16. The van der Waals surface area contributed by atoms with Crippen LogP contribution in [0.25, 0.3) is 0 Å². The van der Waals surface area contributed by atoms with Gasteiger partial charge in [-0.05, 0) is 38.2 Å². The number of nitrogens with two attached hydrogens (primary N) is 2. The lowest BCUT2D eigenvalue weighted by Gasteiger charge is -2.33. The van der Waals surface area contributed by atoms with Crippen LogP contribution in [0.5, 0.6) is 0 Å². The van der Waals surface area contributed by atoms with Crippen molar-refractivity contribution in [2.75, 3.05) is 13.1 Å². The first kappa shape index (κ1) is 33.2. The summed E-state index contributed by atoms with van der Waals surface area (Å²) in [4.78, 5) is 70.6. The summed E-state index contributed by atoms with van der Waals surface area (Å²) in [6, 6.07) is 6.83. The standard InChI is InChI=1S/C29H45N7O5/c1-5-10-21-26(40)35-23(19-11-7-6-8-12-19)27(41)32-16-14-29(4,36-24(38)18(2)3)22(37)17-20(25(39)34-21)13-9-15-33-28(30)31/h6-8,11-12,18,20-21,23H,5,9-10,13-17H2,1-4H3,(H,32,41)(H,34,39)(H,35,40)(H,36,38)(H4,30,31,33)/t20-,21+,23-,29-/m1/s1. The van der Waals surface area contributed by atoms with Gasteiger partial charge in [-0.15, -0.1) is 0 Å². The lowest BCUT2D eigenvalue weighted by Crippen LogP contribution is -2.57. The first-order chi connectivity index (χ1) is 19.4. The number of carbonyl (C=O) groups is 5. The van der Waals surface area contributed by atoms with Crippen LogP contribution in [0, 0.1) is 11.8 Å². The number of nitrogens with one attached hydrogen (secondary N) is 4. The van der Waals surface area contributed by atoms with Gasteiger partial charge in [0.1, 0.15) is 12.1 Å². The molecule has 8 N–H and O–H groups in total. The van der Waals surface area contributed by atoms with Gasteiger partial charge in [-0.1, -0.05) is 57.5 Å². The molecule has 0 bridgehead atoms. The fourth-order valence-electron chi connectivity index (χ4n) is 4.58. The highest BCUT2D eigenvalue weighted by Crippen LogP contribution is 2.22. The van der Waals surface area contributed by atoms with Gasteiger partial charge in [0.25, 0.3) is 0 Å². The summed E-state index contributed by atoms with van der Waals surface area (Å²) < 4.78 is 0. The molecule has 0 unspecified atom stereocenters. The van der Waals surface area contributed by atoms with Crippen LogP contribution in [0.1, 0.15) is 77.8 Å². The first-order valence-corrected chi connectivity index (χ1v) is 14.2. The third-order valence-electron chi connectivity index (χ3n) is 7.16. The van der Waals surface area contributed by atoms with Crippen LogP contribution >= 0.6 is 0 Å². The van der Waals surface area contributed by atoms with Crippen LogP contribution in [0.15, 0.2) is 35.3 Å². The molecular formula is C29H45N7O5. The molecule has 12 nitrogen and oxygen atoms in total. The molecule has 0 radical (unpaired) electrons. The van der Waals surface area contributed by atoms with E-state index in [2.05, 4.69) is 26.3 Å². The SMILES string of the molecule is CCC[C@@H]1NC(=O)[C@H](CCCN=C(N)N)CC(=O)[C@](C)(NC(=O)C(C)C)CCNC(=O)[C@@H](c2ccccc2)NC1=O. The van der Waals surface area contributed by atoms with E-state index in [-0.39, 0.29) is 55.9 Å². The number of amides is 4. The predicted molar refractivity (Wildman–Crippen MR) is 156 cm³/mol. The normalized spacial score (nSPS) is 24.5. The van der Waals surface area contributed by atoms with Crippen molar-refractivity contribution in [2.24, 2.45) is 28.3 Å². The first-order valence-electron chi connectivity index (χ1n) is 14.2. The Balaban J connectivity index is 2.48. The highest BCUT2D eigenvalue weighted by molar-refractivity contribution is 5.97. The molecule has 4 amide bonds. The quantitative estimate of drug-likeness (QED) is 0.143. The van der Waals surface area contributed by atoms with Crippen molar-refractivity contribution in [3.63, 3.8) is 0 Å². The molecule has 41 heavy (non-hydrogen) atoms. The lowest BCUT2D eigenvalue weighted by atomic mass is 9.84. The molecule has 0 aliphatic carbocycles. The maximum absolute atomic E-state index is 13.7. The summed E-state index contributed by atoms with van der Waals surface area (Å²) in [5.41, 5.74) is 10.1. The Labute approximate surface area is 241 Å². The van der Waals surface area contributed by atoms with Gasteiger partial charge in [-0.3, -0.25) is 29.0 Å². The van der Waals surface area contributed by atoms with Crippen LogP contribution in [0.4, 0.5) is 0 Å². The minimum Gasteiger partial charge on any atom is -0.370 e. The molecular weight excluding hydrogens is 526 g/mol. The number of ketones is 1. The van der Waals surface area contributed by atoms with Crippen LogP contribution in [-0.4, -0.2) is 60.0 Å². The van der Waals surface area contributed by atoms with E-state index in [0.29, 0.717) is 24.8 Å². The van der Waals surface area contributed by atoms with Crippen LogP contribution in [0.2, 0.25) is 0 Å². The summed E-state index contributed by atoms with van der Waals surface area (Å²) in [6.45, 7) is 7.25. The van der Waals surface area contributed by atoms with E-state index in [1.54, 1.807) is 51.1 Å². The number of hydrogen-bond acceptors (Lipinski definition) is 6. The van der Waals surface area contributed by atoms with E-state index in [4.69, 9.17) is 11.5 Å². The van der Waals surface area contributed by atoms with Crippen molar-refractivity contribution in [1.29, 1.82) is 0 Å². The number of guanidine groups is 1. The zero-order valence-corrected chi connectivity index (χ0v) is 24.5. The zero-order valence-electron chi connectivity index (χ0n) is 24.5. The number of rotatable bonds is 9. The number of carbonyl (C=O) groups excluding carboxylic acids is 5. The van der Waals surface area contributed by atoms with Crippen LogP contribution in [-0.2, 0) is 24.0 Å². The largest absolute Gasteiger partial charge is 0.370 e. The number of aliphatic imine (C=N–C) groups is 1. The monoisotopic (exact) mass is 571 g/mol. The minimum atomic E-state index is -1.34. The van der Waals surface area contributed by atoms with Gasteiger partial charge in [0.05, 0.1) is 5.54 Å². The third kappa shape index (κ3) is 10.2. The number of Topliss-reactive ketones (excluding diaryl/α,β-unsaturated/α-hetero) is 1. The molecule has 4 atom stereocenters. The Bertz CT molecular complexity index is 1100.